The number of hydrogen-bond donors (Lipinski definition) is 1. The third-order valence-corrected chi connectivity index (χ3v) is 4.03. The highest BCUT2D eigenvalue weighted by molar-refractivity contribution is 14.1. The number of rotatable bonds is 4. The minimum atomic E-state index is 0.196. The van der Waals surface area contributed by atoms with E-state index in [1.807, 2.05) is 18.2 Å². The Hall–Kier alpha value is -0.580. The van der Waals surface area contributed by atoms with Crippen molar-refractivity contribution in [2.75, 3.05) is 6.54 Å². The van der Waals surface area contributed by atoms with Gasteiger partial charge in [0.05, 0.1) is 6.04 Å². The Morgan fingerprint density at radius 3 is 2.56 bits per heavy atom. The van der Waals surface area contributed by atoms with Crippen molar-refractivity contribution in [3.63, 3.8) is 0 Å². The molecular formula is C15H15ClIN. The van der Waals surface area contributed by atoms with Gasteiger partial charge in [-0.2, -0.15) is 0 Å². The lowest BCUT2D eigenvalue weighted by Gasteiger charge is -2.20. The summed E-state index contributed by atoms with van der Waals surface area (Å²) in [6.45, 7) is 3.04. The Kier molecular flexibility index (Phi) is 5.03. The first-order chi connectivity index (χ1) is 8.72. The Balaban J connectivity index is 2.44. The van der Waals surface area contributed by atoms with Gasteiger partial charge in [-0.1, -0.05) is 48.9 Å². The molecule has 0 saturated carbocycles. The number of hydrogen-bond acceptors (Lipinski definition) is 1. The molecule has 0 aromatic heterocycles. The zero-order valence-electron chi connectivity index (χ0n) is 10.2. The fraction of sp³-hybridized carbons (Fsp3) is 0.200. The fourth-order valence-electron chi connectivity index (χ4n) is 1.99. The molecule has 0 aliphatic rings. The molecule has 0 heterocycles. The highest BCUT2D eigenvalue weighted by Crippen LogP contribution is 2.28. The molecule has 0 bridgehead atoms. The SMILES string of the molecule is CCNC(c1ccccc1)c1cc(Cl)ccc1I. The molecule has 0 amide bonds. The molecule has 0 radical (unpaired) electrons. The minimum Gasteiger partial charge on any atom is -0.306 e. The minimum absolute atomic E-state index is 0.196. The van der Waals surface area contributed by atoms with Crippen LogP contribution >= 0.6 is 34.2 Å². The van der Waals surface area contributed by atoms with Gasteiger partial charge in [0.15, 0.2) is 0 Å². The van der Waals surface area contributed by atoms with Crippen LogP contribution < -0.4 is 5.32 Å². The van der Waals surface area contributed by atoms with Crippen LogP contribution in [0.4, 0.5) is 0 Å². The van der Waals surface area contributed by atoms with E-state index >= 15 is 0 Å². The molecule has 94 valence electrons. The third kappa shape index (κ3) is 3.25. The van der Waals surface area contributed by atoms with Crippen LogP contribution in [-0.4, -0.2) is 6.54 Å². The summed E-state index contributed by atoms with van der Waals surface area (Å²) >= 11 is 8.48. The highest BCUT2D eigenvalue weighted by Gasteiger charge is 2.15. The molecule has 1 atom stereocenters. The lowest BCUT2D eigenvalue weighted by Crippen LogP contribution is -2.22. The predicted octanol–water partition coefficient (Wildman–Crippen LogP) is 4.64. The largest absolute Gasteiger partial charge is 0.306 e. The molecule has 18 heavy (non-hydrogen) atoms. The van der Waals surface area contributed by atoms with Crippen molar-refractivity contribution in [2.45, 2.75) is 13.0 Å². The quantitative estimate of drug-likeness (QED) is 0.772. The van der Waals surface area contributed by atoms with Crippen molar-refractivity contribution in [1.29, 1.82) is 0 Å². The van der Waals surface area contributed by atoms with Crippen LogP contribution in [0.2, 0.25) is 5.02 Å². The summed E-state index contributed by atoms with van der Waals surface area (Å²) in [4.78, 5) is 0. The van der Waals surface area contributed by atoms with Crippen molar-refractivity contribution in [2.24, 2.45) is 0 Å². The summed E-state index contributed by atoms with van der Waals surface area (Å²) in [7, 11) is 0. The summed E-state index contributed by atoms with van der Waals surface area (Å²) < 4.78 is 1.23. The Labute approximate surface area is 127 Å². The second-order valence-electron chi connectivity index (χ2n) is 4.07. The number of nitrogens with one attached hydrogen (secondary N) is 1. The predicted molar refractivity (Wildman–Crippen MR) is 86.1 cm³/mol. The molecule has 3 heteroatoms. The maximum Gasteiger partial charge on any atom is 0.0587 e. The molecule has 1 nitrogen and oxygen atoms in total. The maximum absolute atomic E-state index is 6.12. The monoisotopic (exact) mass is 371 g/mol. The van der Waals surface area contributed by atoms with Gasteiger partial charge in [0, 0.05) is 8.59 Å². The van der Waals surface area contributed by atoms with E-state index in [4.69, 9.17) is 11.6 Å². The van der Waals surface area contributed by atoms with Gasteiger partial charge in [-0.25, -0.2) is 0 Å². The van der Waals surface area contributed by atoms with Crippen LogP contribution in [0, 0.1) is 3.57 Å². The van der Waals surface area contributed by atoms with Crippen molar-refractivity contribution in [3.8, 4) is 0 Å². The topological polar surface area (TPSA) is 12.0 Å². The van der Waals surface area contributed by atoms with Crippen LogP contribution in [-0.2, 0) is 0 Å². The van der Waals surface area contributed by atoms with Gasteiger partial charge in [0.25, 0.3) is 0 Å². The summed E-state index contributed by atoms with van der Waals surface area (Å²) in [5.74, 6) is 0. The molecule has 1 N–H and O–H groups in total. The zero-order chi connectivity index (χ0) is 13.0. The van der Waals surface area contributed by atoms with Crippen molar-refractivity contribution < 1.29 is 0 Å². The molecule has 2 aromatic carbocycles. The lowest BCUT2D eigenvalue weighted by atomic mass is 9.99. The molecule has 2 rings (SSSR count). The summed E-state index contributed by atoms with van der Waals surface area (Å²) in [5, 5.41) is 4.30. The summed E-state index contributed by atoms with van der Waals surface area (Å²) in [6, 6.07) is 16.7. The van der Waals surface area contributed by atoms with Gasteiger partial charge in [0.2, 0.25) is 0 Å². The lowest BCUT2D eigenvalue weighted by molar-refractivity contribution is 0.628. The zero-order valence-corrected chi connectivity index (χ0v) is 13.1. The van der Waals surface area contributed by atoms with E-state index < -0.39 is 0 Å². The van der Waals surface area contributed by atoms with Gasteiger partial charge < -0.3 is 5.32 Å². The summed E-state index contributed by atoms with van der Waals surface area (Å²) in [6.07, 6.45) is 0. The van der Waals surface area contributed by atoms with Gasteiger partial charge in [-0.3, -0.25) is 0 Å². The van der Waals surface area contributed by atoms with Crippen molar-refractivity contribution in [1.82, 2.24) is 5.32 Å². The standard InChI is InChI=1S/C15H15ClIN/c1-2-18-15(11-6-4-3-5-7-11)13-10-12(16)8-9-14(13)17/h3-10,15,18H,2H2,1H3. The van der Waals surface area contributed by atoms with Crippen LogP contribution in [0.5, 0.6) is 0 Å². The van der Waals surface area contributed by atoms with E-state index in [0.29, 0.717) is 0 Å². The average molecular weight is 372 g/mol. The second kappa shape index (κ2) is 6.55. The molecule has 0 spiro atoms. The van der Waals surface area contributed by atoms with E-state index in [9.17, 15) is 0 Å². The molecule has 1 unspecified atom stereocenters. The van der Waals surface area contributed by atoms with Gasteiger partial charge >= 0.3 is 0 Å². The molecule has 2 aromatic rings. The fourth-order valence-corrected chi connectivity index (χ4v) is 2.82. The van der Waals surface area contributed by atoms with Gasteiger partial charge in [-0.05, 0) is 58.5 Å². The first kappa shape index (κ1) is 13.8. The molecule has 0 aliphatic heterocycles. The molecule has 0 saturated heterocycles. The number of benzene rings is 2. The summed E-state index contributed by atoms with van der Waals surface area (Å²) in [5.41, 5.74) is 2.50. The normalized spacial score (nSPS) is 12.4. The van der Waals surface area contributed by atoms with Crippen LogP contribution in [0.15, 0.2) is 48.5 Å². The van der Waals surface area contributed by atoms with E-state index in [-0.39, 0.29) is 6.04 Å². The van der Waals surface area contributed by atoms with E-state index in [0.717, 1.165) is 11.6 Å². The Morgan fingerprint density at radius 1 is 1.17 bits per heavy atom. The Morgan fingerprint density at radius 2 is 1.89 bits per heavy atom. The van der Waals surface area contributed by atoms with Gasteiger partial charge in [0.1, 0.15) is 0 Å². The third-order valence-electron chi connectivity index (χ3n) is 2.81. The van der Waals surface area contributed by atoms with E-state index in [1.165, 1.54) is 14.7 Å². The van der Waals surface area contributed by atoms with Crippen molar-refractivity contribution >= 4 is 34.2 Å². The smallest absolute Gasteiger partial charge is 0.0587 e. The van der Waals surface area contributed by atoms with E-state index in [2.05, 4.69) is 65.2 Å². The highest BCUT2D eigenvalue weighted by atomic mass is 127. The first-order valence-electron chi connectivity index (χ1n) is 5.95. The van der Waals surface area contributed by atoms with Crippen LogP contribution in [0.3, 0.4) is 0 Å². The second-order valence-corrected chi connectivity index (χ2v) is 5.67. The molecule has 0 fully saturated rings. The average Bonchev–Trinajstić information content (AvgIpc) is 2.40. The number of halogens is 2. The first-order valence-corrected chi connectivity index (χ1v) is 7.41. The molecular weight excluding hydrogens is 357 g/mol. The maximum atomic E-state index is 6.12. The van der Waals surface area contributed by atoms with E-state index in [1.54, 1.807) is 0 Å². The van der Waals surface area contributed by atoms with Gasteiger partial charge in [-0.15, -0.1) is 0 Å². The van der Waals surface area contributed by atoms with Crippen molar-refractivity contribution in [3.05, 3.63) is 68.3 Å². The Bertz CT molecular complexity index is 513. The van der Waals surface area contributed by atoms with Crippen LogP contribution in [0.25, 0.3) is 0 Å². The molecule has 0 aliphatic carbocycles. The van der Waals surface area contributed by atoms with Crippen LogP contribution in [0.1, 0.15) is 24.1 Å².